The fourth-order valence-electron chi connectivity index (χ4n) is 0.240. The highest BCUT2D eigenvalue weighted by Gasteiger charge is 1.98. The van der Waals surface area contributed by atoms with E-state index >= 15 is 0 Å². The summed E-state index contributed by atoms with van der Waals surface area (Å²) in [6.45, 7) is 0. The molecule has 0 bridgehead atoms. The summed E-state index contributed by atoms with van der Waals surface area (Å²) in [6.07, 6.45) is 2.07. The zero-order valence-corrected chi connectivity index (χ0v) is 6.39. The number of allylic oxidation sites excluding steroid dienone is 1. The van der Waals surface area contributed by atoms with Gasteiger partial charge in [0.05, 0.1) is 5.41 Å². The average molecular weight is 182 g/mol. The van der Waals surface area contributed by atoms with E-state index in [1.807, 2.05) is 0 Å². The lowest BCUT2D eigenvalue weighted by Crippen LogP contribution is -1.87. The minimum absolute atomic E-state index is 0.0631. The van der Waals surface area contributed by atoms with E-state index in [9.17, 15) is 13.2 Å². The van der Waals surface area contributed by atoms with E-state index in [1.54, 1.807) is 0 Å². The van der Waals surface area contributed by atoms with Crippen molar-refractivity contribution in [2.24, 2.45) is 4.40 Å². The van der Waals surface area contributed by atoms with Crippen molar-refractivity contribution < 1.29 is 13.2 Å². The molecule has 0 rings (SSSR count). The first kappa shape index (κ1) is 9.36. The van der Waals surface area contributed by atoms with Gasteiger partial charge in [0.2, 0.25) is 0 Å². The van der Waals surface area contributed by atoms with E-state index in [1.165, 1.54) is 0 Å². The lowest BCUT2D eigenvalue weighted by molar-refractivity contribution is 0.564. The lowest BCUT2D eigenvalue weighted by atomic mass is 10.8. The maximum atomic E-state index is 10.4. The van der Waals surface area contributed by atoms with E-state index < -0.39 is 10.0 Å². The van der Waals surface area contributed by atoms with Crippen LogP contribution in [0.15, 0.2) is 15.9 Å². The Bertz CT molecular complexity index is 262. The average Bonchev–Trinajstić information content (AvgIpc) is 1.84. The first-order chi connectivity index (χ1) is 4.62. The summed E-state index contributed by atoms with van der Waals surface area (Å²) in [6, 6.07) is 0. The molecule has 6 heteroatoms. The zero-order valence-electron chi connectivity index (χ0n) is 4.82. The smallest absolute Gasteiger partial charge is 0.210 e. The molecule has 10 heavy (non-hydrogen) atoms. The highest BCUT2D eigenvalue weighted by Crippen LogP contribution is 1.92. The normalized spacial score (nSPS) is 11.3. The van der Waals surface area contributed by atoms with Crippen LogP contribution in [-0.2, 0) is 14.8 Å². The van der Waals surface area contributed by atoms with E-state index in [4.69, 9.17) is 11.6 Å². The molecule has 0 aliphatic rings. The molecular weight excluding hydrogens is 178 g/mol. The van der Waals surface area contributed by atoms with Crippen molar-refractivity contribution in [3.63, 3.8) is 0 Å². The topological polar surface area (TPSA) is 63.6 Å². The third-order valence-corrected chi connectivity index (χ3v) is 1.57. The summed E-state index contributed by atoms with van der Waals surface area (Å²) < 4.78 is 23.3. The molecule has 0 aromatic carbocycles. The summed E-state index contributed by atoms with van der Waals surface area (Å²) in [5.41, 5.74) is 0. The predicted octanol–water partition coefficient (Wildman–Crippen LogP) is 0.405. The molecule has 0 saturated heterocycles. The van der Waals surface area contributed by atoms with E-state index in [0.717, 1.165) is 17.6 Å². The van der Waals surface area contributed by atoms with E-state index in [0.29, 0.717) is 0 Å². The molecule has 0 aliphatic heterocycles. The van der Waals surface area contributed by atoms with Gasteiger partial charge in [0.1, 0.15) is 0 Å². The number of halogens is 1. The highest BCUT2D eigenvalue weighted by molar-refractivity contribution is 7.93. The molecule has 0 heterocycles. The molecule has 0 atom stereocenters. The van der Waals surface area contributed by atoms with Gasteiger partial charge in [0.15, 0.2) is 0 Å². The molecule has 0 N–H and O–H groups in total. The monoisotopic (exact) mass is 181 g/mol. The minimum Gasteiger partial charge on any atom is -0.210 e. The molecule has 0 aromatic rings. The Balaban J connectivity index is 4.45. The number of hydrogen-bond acceptors (Lipinski definition) is 3. The van der Waals surface area contributed by atoms with Gasteiger partial charge in [0, 0.05) is 5.88 Å². The Labute approximate surface area is 63.3 Å². The highest BCUT2D eigenvalue weighted by atomic mass is 35.5. The van der Waals surface area contributed by atoms with Gasteiger partial charge in [-0.15, -0.1) is 11.6 Å². The van der Waals surface area contributed by atoms with Crippen molar-refractivity contribution in [1.29, 1.82) is 0 Å². The van der Waals surface area contributed by atoms with Crippen molar-refractivity contribution in [3.05, 3.63) is 11.5 Å². The fourth-order valence-corrected chi connectivity index (χ4v) is 0.939. The fraction of sp³-hybridized carbons (Fsp3) is 0.250. The summed E-state index contributed by atoms with van der Waals surface area (Å²) in [5.74, 6) is 0.0631. The third kappa shape index (κ3) is 4.26. The Morgan fingerprint density at radius 2 is 2.20 bits per heavy atom. The van der Waals surface area contributed by atoms with Crippen LogP contribution in [-0.4, -0.2) is 20.4 Å². The molecular formula is C4H4ClNO3S. The summed E-state index contributed by atoms with van der Waals surface area (Å²) in [5, 5.41) is 0.741. The number of alkyl halides is 1. The summed E-state index contributed by atoms with van der Waals surface area (Å²) >= 11 is 5.12. The van der Waals surface area contributed by atoms with Gasteiger partial charge in [0.25, 0.3) is 16.1 Å². The van der Waals surface area contributed by atoms with Gasteiger partial charge in [-0.3, -0.25) is 0 Å². The van der Waals surface area contributed by atoms with Crippen molar-refractivity contribution in [1.82, 2.24) is 0 Å². The molecule has 0 aliphatic carbocycles. The van der Waals surface area contributed by atoms with Crippen LogP contribution in [0.3, 0.4) is 0 Å². The van der Waals surface area contributed by atoms with E-state index in [2.05, 4.69) is 4.40 Å². The van der Waals surface area contributed by atoms with Crippen molar-refractivity contribution in [2.75, 3.05) is 5.88 Å². The van der Waals surface area contributed by atoms with Crippen molar-refractivity contribution in [3.8, 4) is 0 Å². The molecule has 0 radical (unpaired) electrons. The van der Waals surface area contributed by atoms with Crippen LogP contribution in [0.4, 0.5) is 0 Å². The quantitative estimate of drug-likeness (QED) is 0.360. The second kappa shape index (κ2) is 4.22. The van der Waals surface area contributed by atoms with Gasteiger partial charge in [-0.1, -0.05) is 10.5 Å². The Hall–Kier alpha value is -0.640. The van der Waals surface area contributed by atoms with Crippen LogP contribution in [0.5, 0.6) is 0 Å². The molecule has 56 valence electrons. The second-order valence-electron chi connectivity index (χ2n) is 1.22. The largest absolute Gasteiger partial charge is 0.285 e. The second-order valence-corrected chi connectivity index (χ2v) is 3.02. The summed E-state index contributed by atoms with van der Waals surface area (Å²) in [7, 11) is -3.76. The van der Waals surface area contributed by atoms with Crippen LogP contribution < -0.4 is 0 Å². The zero-order chi connectivity index (χ0) is 8.04. The Morgan fingerprint density at radius 1 is 1.60 bits per heavy atom. The van der Waals surface area contributed by atoms with Gasteiger partial charge in [-0.05, 0) is 0 Å². The number of sulfonamides is 1. The van der Waals surface area contributed by atoms with Gasteiger partial charge >= 0.3 is 0 Å². The maximum Gasteiger partial charge on any atom is 0.285 e. The summed E-state index contributed by atoms with van der Waals surface area (Å²) in [4.78, 5) is 9.45. The van der Waals surface area contributed by atoms with Gasteiger partial charge in [-0.25, -0.2) is 4.79 Å². The molecule has 0 aromatic heterocycles. The molecule has 0 spiro atoms. The van der Waals surface area contributed by atoms with Crippen LogP contribution in [0.1, 0.15) is 0 Å². The Kier molecular flexibility index (Phi) is 3.95. The molecule has 0 amide bonds. The number of nitrogens with zero attached hydrogens (tertiary/aromatic N) is 1. The maximum absolute atomic E-state index is 10.4. The predicted molar refractivity (Wildman–Crippen MR) is 36.9 cm³/mol. The van der Waals surface area contributed by atoms with Crippen LogP contribution in [0.2, 0.25) is 0 Å². The number of isocyanates is 1. The molecule has 0 unspecified atom stereocenters. The van der Waals surface area contributed by atoms with Crippen molar-refractivity contribution >= 4 is 27.7 Å². The van der Waals surface area contributed by atoms with Crippen LogP contribution in [0, 0.1) is 0 Å². The SMILES string of the molecule is O=C=NS(=O)(=O)C=CCCl. The minimum atomic E-state index is -3.76. The molecule has 4 nitrogen and oxygen atoms in total. The van der Waals surface area contributed by atoms with Crippen LogP contribution in [0.25, 0.3) is 0 Å². The number of carbonyl (C=O) groups excluding carboxylic acids is 1. The first-order valence-corrected chi connectivity index (χ1v) is 4.23. The van der Waals surface area contributed by atoms with Crippen molar-refractivity contribution in [2.45, 2.75) is 0 Å². The van der Waals surface area contributed by atoms with Gasteiger partial charge < -0.3 is 0 Å². The molecule has 0 fully saturated rings. The lowest BCUT2D eigenvalue weighted by Gasteiger charge is -1.80. The number of rotatable bonds is 3. The standard InChI is InChI=1S/C4H4ClNO3S/c5-2-1-3-10(8,9)6-4-7/h1,3H,2H2. The van der Waals surface area contributed by atoms with E-state index in [-0.39, 0.29) is 5.88 Å². The number of hydrogen-bond donors (Lipinski definition) is 0. The Morgan fingerprint density at radius 3 is 2.60 bits per heavy atom. The van der Waals surface area contributed by atoms with Crippen LogP contribution >= 0.6 is 11.6 Å². The molecule has 0 saturated carbocycles. The third-order valence-electron chi connectivity index (χ3n) is 0.522. The first-order valence-electron chi connectivity index (χ1n) is 2.19. The van der Waals surface area contributed by atoms with Gasteiger partial charge in [-0.2, -0.15) is 8.42 Å².